The van der Waals surface area contributed by atoms with Crippen LogP contribution in [0.4, 0.5) is 5.69 Å². The molecule has 1 rings (SSSR count). The van der Waals surface area contributed by atoms with Gasteiger partial charge in [0.05, 0.1) is 27.0 Å². The maximum absolute atomic E-state index is 6.28. The predicted molar refractivity (Wildman–Crippen MR) is 103 cm³/mol. The van der Waals surface area contributed by atoms with Crippen molar-refractivity contribution < 1.29 is 14.2 Å². The fraction of sp³-hybridized carbons (Fsp3) is 0.263. The monoisotopic (exact) mass is 345 g/mol. The van der Waals surface area contributed by atoms with Crippen LogP contribution in [0, 0.1) is 0 Å². The first-order valence-electron chi connectivity index (χ1n) is 7.70. The number of ether oxygens (including phenoxy) is 3. The zero-order valence-electron chi connectivity index (χ0n) is 15.5. The SMILES string of the molecule is C=C(/C=C\C(C)=C/C)/C(=C/N)N(N)c1cc(OC)c(OC)cc1OC. The molecule has 0 heterocycles. The number of hydrogen-bond donors (Lipinski definition) is 2. The first-order valence-corrected chi connectivity index (χ1v) is 7.70. The van der Waals surface area contributed by atoms with E-state index in [1.165, 1.54) is 11.2 Å². The summed E-state index contributed by atoms with van der Waals surface area (Å²) >= 11 is 0. The Bertz CT molecular complexity index is 706. The average Bonchev–Trinajstić information content (AvgIpc) is 2.64. The van der Waals surface area contributed by atoms with Gasteiger partial charge in [-0.25, -0.2) is 5.84 Å². The lowest BCUT2D eigenvalue weighted by Crippen LogP contribution is -2.31. The van der Waals surface area contributed by atoms with Crippen molar-refractivity contribution in [3.8, 4) is 17.2 Å². The summed E-state index contributed by atoms with van der Waals surface area (Å²) in [5.41, 5.74) is 8.63. The number of rotatable bonds is 8. The molecule has 0 amide bonds. The van der Waals surface area contributed by atoms with E-state index in [1.54, 1.807) is 33.5 Å². The molecule has 0 unspecified atom stereocenters. The molecule has 0 aliphatic heterocycles. The van der Waals surface area contributed by atoms with Crippen LogP contribution >= 0.6 is 0 Å². The molecule has 0 radical (unpaired) electrons. The third-order valence-corrected chi connectivity index (χ3v) is 3.69. The maximum Gasteiger partial charge on any atom is 0.164 e. The molecule has 0 fully saturated rings. The van der Waals surface area contributed by atoms with Crippen molar-refractivity contribution in [2.75, 3.05) is 26.3 Å². The van der Waals surface area contributed by atoms with Crippen molar-refractivity contribution in [2.24, 2.45) is 11.6 Å². The first-order chi connectivity index (χ1) is 11.9. The minimum atomic E-state index is 0.515. The predicted octanol–water partition coefficient (Wildman–Crippen LogP) is 3.27. The topological polar surface area (TPSA) is 83.0 Å². The van der Waals surface area contributed by atoms with Crippen molar-refractivity contribution in [1.82, 2.24) is 0 Å². The largest absolute Gasteiger partial charge is 0.494 e. The van der Waals surface area contributed by atoms with Crippen LogP contribution in [0.5, 0.6) is 17.2 Å². The number of hydrogen-bond acceptors (Lipinski definition) is 6. The van der Waals surface area contributed by atoms with Crippen LogP contribution in [0.25, 0.3) is 0 Å². The van der Waals surface area contributed by atoms with Gasteiger partial charge in [0, 0.05) is 18.3 Å². The van der Waals surface area contributed by atoms with Crippen molar-refractivity contribution in [1.29, 1.82) is 0 Å². The molecule has 0 spiro atoms. The Morgan fingerprint density at radius 1 is 1.04 bits per heavy atom. The molecule has 0 aliphatic carbocycles. The fourth-order valence-corrected chi connectivity index (χ4v) is 2.09. The number of methoxy groups -OCH3 is 3. The molecule has 6 nitrogen and oxygen atoms in total. The van der Waals surface area contributed by atoms with Gasteiger partial charge in [0.25, 0.3) is 0 Å². The number of anilines is 1. The molecule has 4 N–H and O–H groups in total. The first kappa shape index (κ1) is 20.2. The summed E-state index contributed by atoms with van der Waals surface area (Å²) < 4.78 is 16.0. The lowest BCUT2D eigenvalue weighted by atomic mass is 10.1. The molecule has 0 saturated heterocycles. The fourth-order valence-electron chi connectivity index (χ4n) is 2.09. The summed E-state index contributed by atoms with van der Waals surface area (Å²) in [5, 5.41) is 1.40. The van der Waals surface area contributed by atoms with Crippen molar-refractivity contribution >= 4 is 5.69 Å². The Morgan fingerprint density at radius 2 is 1.60 bits per heavy atom. The second-order valence-corrected chi connectivity index (χ2v) is 5.19. The van der Waals surface area contributed by atoms with E-state index in [0.717, 1.165) is 5.57 Å². The highest BCUT2D eigenvalue weighted by Crippen LogP contribution is 2.40. The highest BCUT2D eigenvalue weighted by atomic mass is 16.5. The second kappa shape index (κ2) is 9.44. The van der Waals surface area contributed by atoms with Gasteiger partial charge in [-0.15, -0.1) is 0 Å². The van der Waals surface area contributed by atoms with Gasteiger partial charge < -0.3 is 19.9 Å². The van der Waals surface area contributed by atoms with E-state index in [0.29, 0.717) is 34.2 Å². The van der Waals surface area contributed by atoms with Gasteiger partial charge in [0.2, 0.25) is 0 Å². The van der Waals surface area contributed by atoms with E-state index in [4.69, 9.17) is 25.8 Å². The van der Waals surface area contributed by atoms with Crippen molar-refractivity contribution in [2.45, 2.75) is 13.8 Å². The Balaban J connectivity index is 3.29. The highest BCUT2D eigenvalue weighted by molar-refractivity contribution is 5.69. The van der Waals surface area contributed by atoms with Gasteiger partial charge in [0.15, 0.2) is 11.5 Å². The van der Waals surface area contributed by atoms with Gasteiger partial charge in [-0.3, -0.25) is 5.01 Å². The molecule has 0 aliphatic rings. The number of nitrogens with zero attached hydrogens (tertiary/aromatic N) is 1. The van der Waals surface area contributed by atoms with E-state index in [2.05, 4.69) is 6.58 Å². The molecule has 1 aromatic carbocycles. The molecule has 0 aromatic heterocycles. The quantitative estimate of drug-likeness (QED) is 0.427. The van der Waals surface area contributed by atoms with Crippen LogP contribution in [0.15, 0.2) is 60.0 Å². The van der Waals surface area contributed by atoms with Gasteiger partial charge in [-0.1, -0.05) is 30.4 Å². The van der Waals surface area contributed by atoms with Gasteiger partial charge in [-0.2, -0.15) is 0 Å². The van der Waals surface area contributed by atoms with E-state index in [1.807, 2.05) is 32.1 Å². The molecule has 1 aromatic rings. The van der Waals surface area contributed by atoms with Crippen LogP contribution in [0.3, 0.4) is 0 Å². The molecule has 6 heteroatoms. The zero-order chi connectivity index (χ0) is 19.0. The number of nitrogens with two attached hydrogens (primary N) is 2. The zero-order valence-corrected chi connectivity index (χ0v) is 15.5. The molecule has 136 valence electrons. The van der Waals surface area contributed by atoms with E-state index < -0.39 is 0 Å². The highest BCUT2D eigenvalue weighted by Gasteiger charge is 2.18. The van der Waals surface area contributed by atoms with E-state index >= 15 is 0 Å². The van der Waals surface area contributed by atoms with Crippen LogP contribution in [-0.4, -0.2) is 21.3 Å². The summed E-state index contributed by atoms with van der Waals surface area (Å²) in [6.45, 7) is 7.99. The third-order valence-electron chi connectivity index (χ3n) is 3.69. The average molecular weight is 345 g/mol. The third kappa shape index (κ3) is 4.81. The van der Waals surface area contributed by atoms with Gasteiger partial charge in [0.1, 0.15) is 11.4 Å². The van der Waals surface area contributed by atoms with Crippen molar-refractivity contribution in [3.05, 3.63) is 60.0 Å². The minimum Gasteiger partial charge on any atom is -0.494 e. The summed E-state index contributed by atoms with van der Waals surface area (Å²) in [7, 11) is 4.66. The van der Waals surface area contributed by atoms with E-state index in [9.17, 15) is 0 Å². The van der Waals surface area contributed by atoms with E-state index in [-0.39, 0.29) is 0 Å². The maximum atomic E-state index is 6.28. The number of hydrazine groups is 1. The molecular formula is C19H27N3O3. The lowest BCUT2D eigenvalue weighted by Gasteiger charge is -2.25. The summed E-state index contributed by atoms with van der Waals surface area (Å²) in [5.74, 6) is 7.86. The second-order valence-electron chi connectivity index (χ2n) is 5.19. The number of benzene rings is 1. The Hall–Kier alpha value is -2.86. The van der Waals surface area contributed by atoms with Gasteiger partial charge in [-0.05, 0) is 19.4 Å². The standard InChI is InChI=1S/C19H27N3O3/c1-7-13(2)8-9-14(3)16(12-20)22(21)15-10-18(24-5)19(25-6)11-17(15)23-4/h7-12H,3,20-21H2,1-2,4-6H3/b9-8-,13-7-,16-12-. The molecule has 0 bridgehead atoms. The molecule has 0 atom stereocenters. The molecular weight excluding hydrogens is 318 g/mol. The smallest absolute Gasteiger partial charge is 0.164 e. The summed E-state index contributed by atoms with van der Waals surface area (Å²) in [4.78, 5) is 0. The Labute approximate surface area is 149 Å². The van der Waals surface area contributed by atoms with Crippen molar-refractivity contribution in [3.63, 3.8) is 0 Å². The Kier molecular flexibility index (Phi) is 7.62. The Morgan fingerprint density at radius 3 is 2.08 bits per heavy atom. The van der Waals surface area contributed by atoms with Crippen LogP contribution in [0.1, 0.15) is 13.8 Å². The summed E-state index contributed by atoms with van der Waals surface area (Å²) in [6.07, 6.45) is 7.17. The van der Waals surface area contributed by atoms with Crippen LogP contribution in [0.2, 0.25) is 0 Å². The molecule has 25 heavy (non-hydrogen) atoms. The van der Waals surface area contributed by atoms with Crippen LogP contribution < -0.4 is 30.8 Å². The summed E-state index contributed by atoms with van der Waals surface area (Å²) in [6, 6.07) is 3.42. The normalized spacial score (nSPS) is 12.2. The number of allylic oxidation sites excluding steroid dienone is 4. The van der Waals surface area contributed by atoms with Crippen LogP contribution in [-0.2, 0) is 0 Å². The molecule has 0 saturated carbocycles. The lowest BCUT2D eigenvalue weighted by molar-refractivity contribution is 0.349. The van der Waals surface area contributed by atoms with Gasteiger partial charge >= 0.3 is 0 Å². The minimum absolute atomic E-state index is 0.515.